The number of aromatic nitrogens is 3. The van der Waals surface area contributed by atoms with Gasteiger partial charge < -0.3 is 9.97 Å². The number of hydrogen-bond donors (Lipinski definition) is 3. The van der Waals surface area contributed by atoms with Crippen LogP contribution in [0.4, 0.5) is 0 Å². The Labute approximate surface area is 120 Å². The Balaban J connectivity index is 1.75. The van der Waals surface area contributed by atoms with Crippen LogP contribution in [0.15, 0.2) is 41.9 Å². The topological polar surface area (TPSA) is 85.9 Å². The van der Waals surface area contributed by atoms with E-state index in [4.69, 9.17) is 0 Å². The summed E-state index contributed by atoms with van der Waals surface area (Å²) in [6.07, 6.45) is 4.68. The molecule has 3 heterocycles. The second kappa shape index (κ2) is 4.59. The third kappa shape index (κ3) is 2.10. The molecule has 104 valence electrons. The molecule has 2 aromatic heterocycles. The lowest BCUT2D eigenvalue weighted by molar-refractivity contribution is -0.121. The smallest absolute Gasteiger partial charge is 0.240 e. The summed E-state index contributed by atoms with van der Waals surface area (Å²) in [4.78, 5) is 21.7. The highest BCUT2D eigenvalue weighted by atomic mass is 16.2. The van der Waals surface area contributed by atoms with Crippen molar-refractivity contribution < 1.29 is 4.79 Å². The number of hydrogen-bond acceptors (Lipinski definition) is 3. The number of nitrogens with zero attached hydrogens (tertiary/aromatic N) is 2. The van der Waals surface area contributed by atoms with Crippen LogP contribution in [-0.4, -0.2) is 26.6 Å². The van der Waals surface area contributed by atoms with Crippen LogP contribution >= 0.6 is 0 Å². The molecule has 0 saturated carbocycles. The predicted octanol–water partition coefficient (Wildman–Crippen LogP) is 2.17. The van der Waals surface area contributed by atoms with Crippen molar-refractivity contribution in [1.29, 1.82) is 0 Å². The molecular weight excluding hydrogens is 266 g/mol. The van der Waals surface area contributed by atoms with E-state index in [1.165, 1.54) is 0 Å². The summed E-state index contributed by atoms with van der Waals surface area (Å²) in [5, 5.41) is 5.24. The summed E-state index contributed by atoms with van der Waals surface area (Å²) in [6, 6.07) is 8.19. The molecular formula is C15H13N5O. The maximum Gasteiger partial charge on any atom is 0.240 e. The maximum atomic E-state index is 11.2. The molecule has 0 fully saturated rings. The minimum atomic E-state index is -0.0257. The third-order valence-corrected chi connectivity index (χ3v) is 3.63. The average Bonchev–Trinajstić information content (AvgIpc) is 3.16. The van der Waals surface area contributed by atoms with Gasteiger partial charge in [-0.3, -0.25) is 4.79 Å². The zero-order valence-corrected chi connectivity index (χ0v) is 11.2. The second-order valence-electron chi connectivity index (χ2n) is 5.03. The fourth-order valence-electron chi connectivity index (χ4n) is 2.54. The molecule has 0 unspecified atom stereocenters. The fourth-order valence-corrected chi connectivity index (χ4v) is 2.54. The lowest BCUT2D eigenvalue weighted by Crippen LogP contribution is -2.25. The Morgan fingerprint density at radius 1 is 1.14 bits per heavy atom. The van der Waals surface area contributed by atoms with Crippen molar-refractivity contribution in [1.82, 2.24) is 20.4 Å². The zero-order valence-electron chi connectivity index (χ0n) is 11.2. The first kappa shape index (κ1) is 11.9. The Morgan fingerprint density at radius 2 is 2.10 bits per heavy atom. The molecule has 3 aromatic rings. The van der Waals surface area contributed by atoms with Gasteiger partial charge in [-0.25, -0.2) is 10.4 Å². The number of benzene rings is 1. The van der Waals surface area contributed by atoms with Gasteiger partial charge in [0.2, 0.25) is 5.91 Å². The van der Waals surface area contributed by atoms with Gasteiger partial charge in [0.05, 0.1) is 17.7 Å². The van der Waals surface area contributed by atoms with Gasteiger partial charge in [-0.15, -0.1) is 0 Å². The Bertz CT molecular complexity index is 844. The quantitative estimate of drug-likeness (QED) is 0.671. The summed E-state index contributed by atoms with van der Waals surface area (Å²) in [5.74, 6) is -0.0257. The summed E-state index contributed by atoms with van der Waals surface area (Å²) < 4.78 is 0. The van der Waals surface area contributed by atoms with E-state index in [2.05, 4.69) is 37.6 Å². The monoisotopic (exact) mass is 279 g/mol. The van der Waals surface area contributed by atoms with E-state index in [-0.39, 0.29) is 5.91 Å². The lowest BCUT2D eigenvalue weighted by Gasteiger charge is -2.11. The van der Waals surface area contributed by atoms with Crippen molar-refractivity contribution in [3.63, 3.8) is 0 Å². The molecule has 1 amide bonds. The largest absolute Gasteiger partial charge is 0.353 e. The van der Waals surface area contributed by atoms with Crippen molar-refractivity contribution >= 4 is 22.5 Å². The Morgan fingerprint density at radius 3 is 2.86 bits per heavy atom. The Kier molecular flexibility index (Phi) is 2.60. The molecule has 0 spiro atoms. The highest BCUT2D eigenvalue weighted by molar-refractivity contribution is 6.06. The highest BCUT2D eigenvalue weighted by Gasteiger charge is 2.14. The van der Waals surface area contributed by atoms with Gasteiger partial charge in [0.1, 0.15) is 5.69 Å². The van der Waals surface area contributed by atoms with Crippen molar-refractivity contribution in [3.05, 3.63) is 42.4 Å². The Hall–Kier alpha value is -2.89. The molecule has 4 rings (SSSR count). The van der Waals surface area contributed by atoms with E-state index in [0.29, 0.717) is 12.8 Å². The number of carbonyl (C=O) groups excluding carboxylic acids is 1. The molecule has 21 heavy (non-hydrogen) atoms. The molecule has 6 nitrogen and oxygen atoms in total. The first-order valence-electron chi connectivity index (χ1n) is 6.77. The van der Waals surface area contributed by atoms with Gasteiger partial charge in [0.25, 0.3) is 0 Å². The SMILES string of the molecule is O=C1CCC(c2ccc3[nH]c(-c4c[nH]cn4)cc3c2)=NN1. The summed E-state index contributed by atoms with van der Waals surface area (Å²) in [6.45, 7) is 0. The number of hydrazone groups is 1. The fraction of sp³-hybridized carbons (Fsp3) is 0.133. The van der Waals surface area contributed by atoms with Gasteiger partial charge in [-0.1, -0.05) is 6.07 Å². The van der Waals surface area contributed by atoms with E-state index >= 15 is 0 Å². The molecule has 1 aliphatic heterocycles. The third-order valence-electron chi connectivity index (χ3n) is 3.63. The van der Waals surface area contributed by atoms with Crippen LogP contribution in [0.25, 0.3) is 22.3 Å². The van der Waals surface area contributed by atoms with Gasteiger partial charge >= 0.3 is 0 Å². The van der Waals surface area contributed by atoms with Gasteiger partial charge in [0, 0.05) is 29.9 Å². The maximum absolute atomic E-state index is 11.2. The van der Waals surface area contributed by atoms with Crippen LogP contribution in [0.5, 0.6) is 0 Å². The van der Waals surface area contributed by atoms with Crippen molar-refractivity contribution in [2.75, 3.05) is 0 Å². The molecule has 0 bridgehead atoms. The van der Waals surface area contributed by atoms with Gasteiger partial charge in [-0.2, -0.15) is 5.10 Å². The zero-order chi connectivity index (χ0) is 14.2. The number of rotatable bonds is 2. The van der Waals surface area contributed by atoms with E-state index in [9.17, 15) is 4.79 Å². The second-order valence-corrected chi connectivity index (χ2v) is 5.03. The number of fused-ring (bicyclic) bond motifs is 1. The van der Waals surface area contributed by atoms with Crippen molar-refractivity contribution in [2.24, 2.45) is 5.10 Å². The number of aromatic amines is 2. The summed E-state index contributed by atoms with van der Waals surface area (Å²) >= 11 is 0. The molecule has 0 saturated heterocycles. The molecule has 1 aromatic carbocycles. The highest BCUT2D eigenvalue weighted by Crippen LogP contribution is 2.24. The number of H-pyrrole nitrogens is 2. The minimum Gasteiger partial charge on any atom is -0.353 e. The van der Waals surface area contributed by atoms with Crippen LogP contribution in [0, 0.1) is 0 Å². The molecule has 1 aliphatic rings. The van der Waals surface area contributed by atoms with Crippen molar-refractivity contribution in [3.8, 4) is 11.4 Å². The van der Waals surface area contributed by atoms with E-state index < -0.39 is 0 Å². The van der Waals surface area contributed by atoms with Crippen molar-refractivity contribution in [2.45, 2.75) is 12.8 Å². The van der Waals surface area contributed by atoms with Crippen LogP contribution in [0.3, 0.4) is 0 Å². The number of carbonyl (C=O) groups is 1. The summed E-state index contributed by atoms with van der Waals surface area (Å²) in [5.41, 5.74) is 7.40. The van der Waals surface area contributed by atoms with Gasteiger partial charge in [-0.05, 0) is 23.8 Å². The van der Waals surface area contributed by atoms with Crippen LogP contribution < -0.4 is 5.43 Å². The molecule has 6 heteroatoms. The lowest BCUT2D eigenvalue weighted by atomic mass is 10.0. The normalized spacial score (nSPS) is 15.0. The summed E-state index contributed by atoms with van der Waals surface area (Å²) in [7, 11) is 0. The average molecular weight is 279 g/mol. The molecule has 0 atom stereocenters. The van der Waals surface area contributed by atoms with E-state index in [0.717, 1.165) is 33.6 Å². The standard InChI is InChI=1S/C15H13N5O/c21-15-4-3-12(19-20-15)9-1-2-11-10(5-9)6-13(18-11)14-7-16-8-17-14/h1-2,5-8,18H,3-4H2,(H,16,17)(H,20,21). The van der Waals surface area contributed by atoms with E-state index in [1.807, 2.05) is 18.3 Å². The first-order valence-corrected chi connectivity index (χ1v) is 6.77. The molecule has 3 N–H and O–H groups in total. The van der Waals surface area contributed by atoms with Gasteiger partial charge in [0.15, 0.2) is 0 Å². The molecule has 0 aliphatic carbocycles. The number of amides is 1. The number of imidazole rings is 1. The van der Waals surface area contributed by atoms with E-state index in [1.54, 1.807) is 6.33 Å². The number of nitrogens with one attached hydrogen (secondary N) is 3. The molecule has 0 radical (unpaired) electrons. The predicted molar refractivity (Wildman–Crippen MR) is 79.8 cm³/mol. The first-order chi connectivity index (χ1) is 10.3. The van der Waals surface area contributed by atoms with Crippen LogP contribution in [-0.2, 0) is 4.79 Å². The van der Waals surface area contributed by atoms with Crippen LogP contribution in [0.2, 0.25) is 0 Å². The minimum absolute atomic E-state index is 0.0257. The van der Waals surface area contributed by atoms with Crippen LogP contribution in [0.1, 0.15) is 18.4 Å².